The zero-order valence-electron chi connectivity index (χ0n) is 7.41. The molecule has 0 saturated heterocycles. The fourth-order valence-electron chi connectivity index (χ4n) is 1.12. The molecular weight excluding hydrogens is 254 g/mol. The molecule has 0 fully saturated rings. The highest BCUT2D eigenvalue weighted by Crippen LogP contribution is 2.25. The highest BCUT2D eigenvalue weighted by Gasteiger charge is 2.05. The Morgan fingerprint density at radius 2 is 2.15 bits per heavy atom. The minimum absolute atomic E-state index is 0.240. The van der Waals surface area contributed by atoms with Crippen molar-refractivity contribution in [3.8, 4) is 0 Å². The Morgan fingerprint density at radius 3 is 2.77 bits per heavy atom. The minimum atomic E-state index is -0.240. The molecule has 0 spiro atoms. The van der Waals surface area contributed by atoms with Crippen LogP contribution in [0.15, 0.2) is 16.6 Å². The third-order valence-electron chi connectivity index (χ3n) is 1.89. The van der Waals surface area contributed by atoms with Gasteiger partial charge in [-0.2, -0.15) is 0 Å². The number of rotatable bonds is 3. The third-order valence-corrected chi connectivity index (χ3v) is 2.85. The van der Waals surface area contributed by atoms with E-state index in [0.717, 1.165) is 24.8 Å². The summed E-state index contributed by atoms with van der Waals surface area (Å²) in [6.07, 6.45) is 2.98. The fraction of sp³-hybridized carbons (Fsp3) is 0.400. The maximum Gasteiger partial charge on any atom is 0.137 e. The molecular formula is C10H11BrClF. The molecule has 0 bridgehead atoms. The summed E-state index contributed by atoms with van der Waals surface area (Å²) in [7, 11) is 0. The Morgan fingerprint density at radius 1 is 1.46 bits per heavy atom. The molecule has 13 heavy (non-hydrogen) atoms. The van der Waals surface area contributed by atoms with Crippen LogP contribution in [0, 0.1) is 5.82 Å². The third kappa shape index (κ3) is 2.96. The Bertz CT molecular complexity index is 299. The summed E-state index contributed by atoms with van der Waals surface area (Å²) in [5.74, 6) is -0.240. The standard InChI is InChI=1S/C10H11BrClF/c1-2-3-4-7-5-10(13)8(11)6-9(7)12/h5-6H,2-4H2,1H3. The van der Waals surface area contributed by atoms with Gasteiger partial charge in [0.25, 0.3) is 0 Å². The van der Waals surface area contributed by atoms with Crippen molar-refractivity contribution < 1.29 is 4.39 Å². The van der Waals surface area contributed by atoms with Gasteiger partial charge in [-0.25, -0.2) is 4.39 Å². The largest absolute Gasteiger partial charge is 0.206 e. The van der Waals surface area contributed by atoms with E-state index < -0.39 is 0 Å². The SMILES string of the molecule is CCCCc1cc(F)c(Br)cc1Cl. The van der Waals surface area contributed by atoms with Crippen molar-refractivity contribution in [3.63, 3.8) is 0 Å². The lowest BCUT2D eigenvalue weighted by Crippen LogP contribution is -1.89. The first kappa shape index (κ1) is 11.0. The first-order valence-electron chi connectivity index (χ1n) is 4.28. The van der Waals surface area contributed by atoms with Gasteiger partial charge in [-0.3, -0.25) is 0 Å². The molecule has 0 aliphatic carbocycles. The van der Waals surface area contributed by atoms with Gasteiger partial charge in [0.05, 0.1) is 4.47 Å². The highest BCUT2D eigenvalue weighted by molar-refractivity contribution is 9.10. The number of unbranched alkanes of at least 4 members (excludes halogenated alkanes) is 1. The summed E-state index contributed by atoms with van der Waals surface area (Å²) in [5, 5.41) is 0.640. The molecule has 0 aromatic heterocycles. The Hall–Kier alpha value is -0.0800. The average Bonchev–Trinajstić information content (AvgIpc) is 2.09. The second-order valence-corrected chi connectivity index (χ2v) is 4.22. The lowest BCUT2D eigenvalue weighted by atomic mass is 10.1. The molecule has 1 aromatic rings. The van der Waals surface area contributed by atoms with E-state index in [2.05, 4.69) is 22.9 Å². The molecule has 0 unspecified atom stereocenters. The predicted molar refractivity (Wildman–Crippen MR) is 57.7 cm³/mol. The molecule has 0 aliphatic heterocycles. The first-order chi connectivity index (χ1) is 6.15. The van der Waals surface area contributed by atoms with Gasteiger partial charge >= 0.3 is 0 Å². The smallest absolute Gasteiger partial charge is 0.137 e. The number of aryl methyl sites for hydroxylation is 1. The number of benzene rings is 1. The molecule has 0 amide bonds. The van der Waals surface area contributed by atoms with Crippen LogP contribution in [-0.4, -0.2) is 0 Å². The van der Waals surface area contributed by atoms with Gasteiger partial charge in [0.1, 0.15) is 5.82 Å². The predicted octanol–water partition coefficient (Wildman–Crippen LogP) is 4.58. The summed E-state index contributed by atoms with van der Waals surface area (Å²) in [6, 6.07) is 3.12. The summed E-state index contributed by atoms with van der Waals surface area (Å²) in [6.45, 7) is 2.10. The molecule has 1 aromatic carbocycles. The van der Waals surface area contributed by atoms with Crippen LogP contribution < -0.4 is 0 Å². The lowest BCUT2D eigenvalue weighted by molar-refractivity contribution is 0.617. The molecule has 0 N–H and O–H groups in total. The monoisotopic (exact) mass is 264 g/mol. The Balaban J connectivity index is 2.88. The fourth-order valence-corrected chi connectivity index (χ4v) is 1.86. The van der Waals surface area contributed by atoms with Crippen LogP contribution in [0.4, 0.5) is 4.39 Å². The van der Waals surface area contributed by atoms with Crippen LogP contribution in [0.1, 0.15) is 25.3 Å². The molecule has 0 nitrogen and oxygen atoms in total. The molecule has 3 heteroatoms. The number of hydrogen-bond acceptors (Lipinski definition) is 0. The summed E-state index contributed by atoms with van der Waals surface area (Å²) < 4.78 is 13.5. The second-order valence-electron chi connectivity index (χ2n) is 2.96. The second kappa shape index (κ2) is 4.97. The van der Waals surface area contributed by atoms with Gasteiger partial charge in [0.15, 0.2) is 0 Å². The van der Waals surface area contributed by atoms with Gasteiger partial charge in [-0.15, -0.1) is 0 Å². The van der Waals surface area contributed by atoms with Crippen molar-refractivity contribution in [1.29, 1.82) is 0 Å². The molecule has 0 radical (unpaired) electrons. The Kier molecular flexibility index (Phi) is 4.20. The molecule has 0 atom stereocenters. The summed E-state index contributed by atoms with van der Waals surface area (Å²) >= 11 is 9.03. The molecule has 0 aliphatic rings. The van der Waals surface area contributed by atoms with Gasteiger partial charge in [0, 0.05) is 5.02 Å². The van der Waals surface area contributed by atoms with Gasteiger partial charge in [-0.05, 0) is 46.5 Å². The lowest BCUT2D eigenvalue weighted by Gasteiger charge is -2.04. The van der Waals surface area contributed by atoms with E-state index in [0.29, 0.717) is 9.50 Å². The van der Waals surface area contributed by atoms with Crippen LogP contribution in [-0.2, 0) is 6.42 Å². The number of halogens is 3. The van der Waals surface area contributed by atoms with Crippen molar-refractivity contribution >= 4 is 27.5 Å². The zero-order valence-corrected chi connectivity index (χ0v) is 9.75. The summed E-state index contributed by atoms with van der Waals surface area (Å²) in [4.78, 5) is 0. The maximum atomic E-state index is 13.1. The van der Waals surface area contributed by atoms with Crippen LogP contribution >= 0.6 is 27.5 Å². The van der Waals surface area contributed by atoms with Gasteiger partial charge < -0.3 is 0 Å². The van der Waals surface area contributed by atoms with Crippen LogP contribution in [0.3, 0.4) is 0 Å². The van der Waals surface area contributed by atoms with Crippen LogP contribution in [0.25, 0.3) is 0 Å². The van der Waals surface area contributed by atoms with E-state index in [1.165, 1.54) is 6.07 Å². The first-order valence-corrected chi connectivity index (χ1v) is 5.45. The van der Waals surface area contributed by atoms with Crippen molar-refractivity contribution in [1.82, 2.24) is 0 Å². The molecule has 0 saturated carbocycles. The topological polar surface area (TPSA) is 0 Å². The van der Waals surface area contributed by atoms with E-state index in [1.54, 1.807) is 6.07 Å². The van der Waals surface area contributed by atoms with E-state index in [4.69, 9.17) is 11.6 Å². The van der Waals surface area contributed by atoms with Crippen LogP contribution in [0.2, 0.25) is 5.02 Å². The number of hydrogen-bond donors (Lipinski definition) is 0. The van der Waals surface area contributed by atoms with Crippen LogP contribution in [0.5, 0.6) is 0 Å². The summed E-state index contributed by atoms with van der Waals surface area (Å²) in [5.41, 5.74) is 0.893. The van der Waals surface area contributed by atoms with E-state index in [9.17, 15) is 4.39 Å². The van der Waals surface area contributed by atoms with Crippen molar-refractivity contribution in [2.45, 2.75) is 26.2 Å². The molecule has 72 valence electrons. The van der Waals surface area contributed by atoms with Crippen molar-refractivity contribution in [2.24, 2.45) is 0 Å². The highest BCUT2D eigenvalue weighted by atomic mass is 79.9. The molecule has 1 rings (SSSR count). The van der Waals surface area contributed by atoms with E-state index in [-0.39, 0.29) is 5.82 Å². The van der Waals surface area contributed by atoms with E-state index in [1.807, 2.05) is 0 Å². The van der Waals surface area contributed by atoms with Crippen molar-refractivity contribution in [2.75, 3.05) is 0 Å². The Labute approximate surface area is 91.2 Å². The normalized spacial score (nSPS) is 10.5. The average molecular weight is 266 g/mol. The minimum Gasteiger partial charge on any atom is -0.206 e. The van der Waals surface area contributed by atoms with Crippen molar-refractivity contribution in [3.05, 3.63) is 33.0 Å². The van der Waals surface area contributed by atoms with E-state index >= 15 is 0 Å². The quantitative estimate of drug-likeness (QED) is 0.702. The van der Waals surface area contributed by atoms with Gasteiger partial charge in [-0.1, -0.05) is 24.9 Å². The van der Waals surface area contributed by atoms with Gasteiger partial charge in [0.2, 0.25) is 0 Å². The zero-order chi connectivity index (χ0) is 9.84. The molecule has 0 heterocycles. The maximum absolute atomic E-state index is 13.1.